The Morgan fingerprint density at radius 1 is 0.962 bits per heavy atom. The van der Waals surface area contributed by atoms with Crippen LogP contribution in [-0.2, 0) is 4.79 Å². The van der Waals surface area contributed by atoms with E-state index >= 15 is 0 Å². The van der Waals surface area contributed by atoms with Crippen LogP contribution in [0.2, 0.25) is 10.0 Å². The van der Waals surface area contributed by atoms with Gasteiger partial charge in [-0.25, -0.2) is 0 Å². The highest BCUT2D eigenvalue weighted by Crippen LogP contribution is 2.22. The molecular weight excluding hydrogens is 375 g/mol. The van der Waals surface area contributed by atoms with Gasteiger partial charge >= 0.3 is 0 Å². The largest absolute Gasteiger partial charge is 0.484 e. The predicted octanol–water partition coefficient (Wildman–Crippen LogP) is 3.54. The topological polar surface area (TPSA) is 67.4 Å². The zero-order chi connectivity index (χ0) is 19.1. The number of hydrogen-bond acceptors (Lipinski definition) is 3. The minimum Gasteiger partial charge on any atom is -0.484 e. The number of ether oxygens (including phenoxy) is 1. The summed E-state index contributed by atoms with van der Waals surface area (Å²) in [5, 5.41) is 6.08. The molecule has 0 heterocycles. The summed E-state index contributed by atoms with van der Waals surface area (Å²) in [6, 6.07) is 10.4. The molecule has 0 aromatic heterocycles. The van der Waals surface area contributed by atoms with Gasteiger partial charge in [0.15, 0.2) is 6.61 Å². The minimum atomic E-state index is -0.288. The molecule has 0 fully saturated rings. The average Bonchev–Trinajstić information content (AvgIpc) is 2.60. The van der Waals surface area contributed by atoms with Crippen molar-refractivity contribution in [3.63, 3.8) is 0 Å². The van der Waals surface area contributed by atoms with Gasteiger partial charge in [0.1, 0.15) is 5.75 Å². The number of halogens is 2. The molecule has 2 aromatic carbocycles. The first-order valence-corrected chi connectivity index (χ1v) is 8.82. The summed E-state index contributed by atoms with van der Waals surface area (Å²) in [5.74, 6) is 0.136. The summed E-state index contributed by atoms with van der Waals surface area (Å²) in [7, 11) is 0. The van der Waals surface area contributed by atoms with Crippen molar-refractivity contribution in [2.45, 2.75) is 13.8 Å². The lowest BCUT2D eigenvalue weighted by Crippen LogP contribution is -2.36. The van der Waals surface area contributed by atoms with E-state index in [9.17, 15) is 9.59 Å². The van der Waals surface area contributed by atoms with E-state index in [2.05, 4.69) is 10.6 Å². The SMILES string of the molecule is Cc1ccc(OCC(=O)NCCNC(=O)c2ccc(Cl)c(Cl)c2)c(C)c1. The van der Waals surface area contributed by atoms with Crippen LogP contribution in [0, 0.1) is 13.8 Å². The summed E-state index contributed by atoms with van der Waals surface area (Å²) in [4.78, 5) is 23.8. The van der Waals surface area contributed by atoms with Crippen molar-refractivity contribution in [3.05, 3.63) is 63.1 Å². The van der Waals surface area contributed by atoms with Gasteiger partial charge in [-0.05, 0) is 43.7 Å². The van der Waals surface area contributed by atoms with Crippen LogP contribution in [0.1, 0.15) is 21.5 Å². The number of carbonyl (C=O) groups is 2. The molecule has 2 N–H and O–H groups in total. The van der Waals surface area contributed by atoms with Crippen LogP contribution >= 0.6 is 23.2 Å². The number of rotatable bonds is 7. The molecule has 0 bridgehead atoms. The van der Waals surface area contributed by atoms with Crippen molar-refractivity contribution >= 4 is 35.0 Å². The number of amides is 2. The smallest absolute Gasteiger partial charge is 0.258 e. The Morgan fingerprint density at radius 2 is 1.69 bits per heavy atom. The van der Waals surface area contributed by atoms with Crippen molar-refractivity contribution in [1.29, 1.82) is 0 Å². The molecule has 0 unspecified atom stereocenters. The molecule has 0 spiro atoms. The second kappa shape index (κ2) is 9.46. The molecule has 0 radical (unpaired) electrons. The van der Waals surface area contributed by atoms with Gasteiger partial charge in [0.25, 0.3) is 11.8 Å². The monoisotopic (exact) mass is 394 g/mol. The molecule has 0 atom stereocenters. The number of nitrogens with one attached hydrogen (secondary N) is 2. The van der Waals surface area contributed by atoms with Gasteiger partial charge in [-0.2, -0.15) is 0 Å². The zero-order valence-electron chi connectivity index (χ0n) is 14.6. The van der Waals surface area contributed by atoms with Gasteiger partial charge in [-0.3, -0.25) is 9.59 Å². The predicted molar refractivity (Wildman–Crippen MR) is 103 cm³/mol. The van der Waals surface area contributed by atoms with E-state index in [1.807, 2.05) is 32.0 Å². The van der Waals surface area contributed by atoms with E-state index in [4.69, 9.17) is 27.9 Å². The van der Waals surface area contributed by atoms with Crippen LogP contribution in [-0.4, -0.2) is 31.5 Å². The van der Waals surface area contributed by atoms with E-state index in [1.54, 1.807) is 12.1 Å². The van der Waals surface area contributed by atoms with Gasteiger partial charge < -0.3 is 15.4 Å². The summed E-state index contributed by atoms with van der Waals surface area (Å²) >= 11 is 11.7. The normalized spacial score (nSPS) is 10.3. The van der Waals surface area contributed by atoms with Gasteiger partial charge in [-0.15, -0.1) is 0 Å². The summed E-state index contributed by atoms with van der Waals surface area (Å²) < 4.78 is 5.50. The molecule has 2 rings (SSSR count). The molecule has 2 aromatic rings. The third-order valence-electron chi connectivity index (χ3n) is 3.60. The Labute approximate surface area is 162 Å². The highest BCUT2D eigenvalue weighted by Gasteiger charge is 2.08. The lowest BCUT2D eigenvalue weighted by molar-refractivity contribution is -0.123. The Balaban J connectivity index is 1.69. The summed E-state index contributed by atoms with van der Waals surface area (Å²) in [6.45, 7) is 4.43. The Kier molecular flexibility index (Phi) is 7.30. The van der Waals surface area contributed by atoms with E-state index in [0.717, 1.165) is 11.1 Å². The quantitative estimate of drug-likeness (QED) is 0.705. The fraction of sp³-hybridized carbons (Fsp3) is 0.263. The second-order valence-corrected chi connectivity index (χ2v) is 6.61. The zero-order valence-corrected chi connectivity index (χ0v) is 16.1. The number of hydrogen-bond donors (Lipinski definition) is 2. The summed E-state index contributed by atoms with van der Waals surface area (Å²) in [6.07, 6.45) is 0. The van der Waals surface area contributed by atoms with Crippen molar-refractivity contribution in [2.24, 2.45) is 0 Å². The molecular formula is C19H20Cl2N2O3. The number of aryl methyl sites for hydroxylation is 2. The number of benzene rings is 2. The molecule has 0 aliphatic heterocycles. The van der Waals surface area contributed by atoms with Crippen LogP contribution in [0.5, 0.6) is 5.75 Å². The van der Waals surface area contributed by atoms with Crippen molar-refractivity contribution in [2.75, 3.05) is 19.7 Å². The van der Waals surface area contributed by atoms with E-state index in [0.29, 0.717) is 27.9 Å². The molecule has 0 aliphatic carbocycles. The van der Waals surface area contributed by atoms with Crippen LogP contribution in [0.15, 0.2) is 36.4 Å². The number of carbonyl (C=O) groups excluding carboxylic acids is 2. The maximum atomic E-state index is 12.0. The lowest BCUT2D eigenvalue weighted by atomic mass is 10.1. The van der Waals surface area contributed by atoms with Crippen molar-refractivity contribution in [1.82, 2.24) is 10.6 Å². The third kappa shape index (κ3) is 5.93. The standard InChI is InChI=1S/C19H20Cl2N2O3/c1-12-3-6-17(13(2)9-12)26-11-18(24)22-7-8-23-19(25)14-4-5-15(20)16(21)10-14/h3-6,9-10H,7-8,11H2,1-2H3,(H,22,24)(H,23,25). The van der Waals surface area contributed by atoms with Crippen molar-refractivity contribution < 1.29 is 14.3 Å². The molecule has 2 amide bonds. The van der Waals surface area contributed by atoms with Crippen LogP contribution in [0.3, 0.4) is 0 Å². The highest BCUT2D eigenvalue weighted by atomic mass is 35.5. The molecule has 0 saturated heterocycles. The first-order valence-electron chi connectivity index (χ1n) is 8.07. The maximum absolute atomic E-state index is 12.0. The second-order valence-electron chi connectivity index (χ2n) is 5.79. The first-order chi connectivity index (χ1) is 12.4. The Bertz CT molecular complexity index is 809. The van der Waals surface area contributed by atoms with Gasteiger partial charge in [0, 0.05) is 18.7 Å². The van der Waals surface area contributed by atoms with E-state index < -0.39 is 0 Å². The Morgan fingerprint density at radius 3 is 2.38 bits per heavy atom. The molecule has 26 heavy (non-hydrogen) atoms. The molecule has 0 saturated carbocycles. The van der Waals surface area contributed by atoms with Crippen LogP contribution in [0.4, 0.5) is 0 Å². The molecule has 138 valence electrons. The average molecular weight is 395 g/mol. The van der Waals surface area contributed by atoms with E-state index in [1.165, 1.54) is 6.07 Å². The van der Waals surface area contributed by atoms with Crippen molar-refractivity contribution in [3.8, 4) is 5.75 Å². The van der Waals surface area contributed by atoms with Gasteiger partial charge in [0.05, 0.1) is 10.0 Å². The van der Waals surface area contributed by atoms with Gasteiger partial charge in [-0.1, -0.05) is 40.9 Å². The van der Waals surface area contributed by atoms with Crippen LogP contribution in [0.25, 0.3) is 0 Å². The molecule has 7 heteroatoms. The lowest BCUT2D eigenvalue weighted by Gasteiger charge is -2.10. The Hall–Kier alpha value is -2.24. The third-order valence-corrected chi connectivity index (χ3v) is 4.34. The summed E-state index contributed by atoms with van der Waals surface area (Å²) in [5.41, 5.74) is 2.52. The van der Waals surface area contributed by atoms with E-state index in [-0.39, 0.29) is 25.0 Å². The minimum absolute atomic E-state index is 0.0787. The maximum Gasteiger partial charge on any atom is 0.258 e. The van der Waals surface area contributed by atoms with Crippen LogP contribution < -0.4 is 15.4 Å². The molecule has 5 nitrogen and oxygen atoms in total. The first kappa shape index (κ1) is 20.1. The fourth-order valence-corrected chi connectivity index (χ4v) is 2.57. The van der Waals surface area contributed by atoms with Gasteiger partial charge in [0.2, 0.25) is 0 Å². The fourth-order valence-electron chi connectivity index (χ4n) is 2.27. The highest BCUT2D eigenvalue weighted by molar-refractivity contribution is 6.42. The molecule has 0 aliphatic rings.